The van der Waals surface area contributed by atoms with E-state index in [0.29, 0.717) is 25.6 Å². The largest absolute Gasteiger partial charge is 0.356 e. The summed E-state index contributed by atoms with van der Waals surface area (Å²) in [7, 11) is 0.898. The summed E-state index contributed by atoms with van der Waals surface area (Å²) in [5.41, 5.74) is 1.18. The van der Waals surface area contributed by atoms with E-state index in [4.69, 9.17) is 0 Å². The highest BCUT2D eigenvalue weighted by atomic mass is 127. The fourth-order valence-electron chi connectivity index (χ4n) is 2.79. The number of guanidine groups is 1. The molecule has 1 N–H and O–H groups in total. The maximum absolute atomic E-state index is 11.6. The summed E-state index contributed by atoms with van der Waals surface area (Å²) in [6.07, 6.45) is 3.06. The number of hydrogen-bond donors (Lipinski definition) is 1. The van der Waals surface area contributed by atoms with Gasteiger partial charge in [-0.05, 0) is 24.3 Å². The predicted octanol–water partition coefficient (Wildman–Crippen LogP) is 1.98. The van der Waals surface area contributed by atoms with Crippen molar-refractivity contribution >= 4 is 40.0 Å². The molecular weight excluding hydrogens is 451 g/mol. The predicted molar refractivity (Wildman–Crippen MR) is 114 cm³/mol. The molecule has 25 heavy (non-hydrogen) atoms. The van der Waals surface area contributed by atoms with Crippen LogP contribution in [0, 0.1) is 5.92 Å². The van der Waals surface area contributed by atoms with Gasteiger partial charge in [0.2, 0.25) is 10.0 Å². The summed E-state index contributed by atoms with van der Waals surface area (Å²) in [6.45, 7) is 2.70. The minimum absolute atomic E-state index is 0. The van der Waals surface area contributed by atoms with Crippen molar-refractivity contribution in [1.82, 2.24) is 14.5 Å². The molecule has 142 valence electrons. The van der Waals surface area contributed by atoms with Gasteiger partial charge in [0, 0.05) is 33.7 Å². The molecule has 8 heteroatoms. The molecule has 1 aromatic rings. The van der Waals surface area contributed by atoms with Crippen molar-refractivity contribution in [3.05, 3.63) is 35.9 Å². The fraction of sp³-hybridized carbons (Fsp3) is 0.588. The van der Waals surface area contributed by atoms with Crippen LogP contribution in [-0.4, -0.2) is 63.6 Å². The van der Waals surface area contributed by atoms with Crippen LogP contribution in [0.1, 0.15) is 18.4 Å². The van der Waals surface area contributed by atoms with Crippen LogP contribution < -0.4 is 5.32 Å². The average Bonchev–Trinajstić information content (AvgIpc) is 2.55. The Morgan fingerprint density at radius 2 is 1.84 bits per heavy atom. The lowest BCUT2D eigenvalue weighted by Crippen LogP contribution is -2.43. The molecule has 6 nitrogen and oxygen atoms in total. The Bertz CT molecular complexity index is 642. The smallest absolute Gasteiger partial charge is 0.211 e. The molecule has 0 aromatic heterocycles. The molecule has 0 bridgehead atoms. The van der Waals surface area contributed by atoms with Crippen molar-refractivity contribution in [3.63, 3.8) is 0 Å². The Kier molecular flexibility index (Phi) is 9.15. The second-order valence-electron chi connectivity index (χ2n) is 6.51. The zero-order chi connectivity index (χ0) is 17.6. The molecule has 0 atom stereocenters. The summed E-state index contributed by atoms with van der Waals surface area (Å²) >= 11 is 0. The number of nitrogens with zero attached hydrogens (tertiary/aromatic N) is 3. The van der Waals surface area contributed by atoms with E-state index in [0.717, 1.165) is 25.3 Å². The number of hydrogen-bond acceptors (Lipinski definition) is 3. The van der Waals surface area contributed by atoms with E-state index in [-0.39, 0.29) is 24.0 Å². The van der Waals surface area contributed by atoms with Gasteiger partial charge >= 0.3 is 0 Å². The third kappa shape index (κ3) is 7.49. The number of halogens is 1. The van der Waals surface area contributed by atoms with Crippen LogP contribution in [-0.2, 0) is 16.6 Å². The first-order valence-corrected chi connectivity index (χ1v) is 10.2. The molecule has 1 aliphatic rings. The summed E-state index contributed by atoms with van der Waals surface area (Å²) in [6, 6.07) is 10.2. The van der Waals surface area contributed by atoms with Gasteiger partial charge in [-0.15, -0.1) is 24.0 Å². The van der Waals surface area contributed by atoms with Gasteiger partial charge in [-0.25, -0.2) is 17.7 Å². The summed E-state index contributed by atoms with van der Waals surface area (Å²) in [4.78, 5) is 6.64. The fourth-order valence-corrected chi connectivity index (χ4v) is 3.66. The molecule has 0 aliphatic carbocycles. The van der Waals surface area contributed by atoms with E-state index in [2.05, 4.69) is 22.4 Å². The van der Waals surface area contributed by atoms with Crippen LogP contribution in [0.2, 0.25) is 0 Å². The third-order valence-electron chi connectivity index (χ3n) is 4.27. The third-order valence-corrected chi connectivity index (χ3v) is 5.57. The van der Waals surface area contributed by atoms with Crippen molar-refractivity contribution in [1.29, 1.82) is 0 Å². The van der Waals surface area contributed by atoms with Gasteiger partial charge in [-0.3, -0.25) is 0 Å². The molecule has 1 saturated heterocycles. The van der Waals surface area contributed by atoms with Crippen LogP contribution in [0.3, 0.4) is 0 Å². The SMILES string of the molecule is CN(C)C(=NCc1ccccc1)NCC1CCN(S(C)(=O)=O)CC1.I. The van der Waals surface area contributed by atoms with Crippen molar-refractivity contribution in [2.24, 2.45) is 10.9 Å². The molecular formula is C17H29IN4O2S. The summed E-state index contributed by atoms with van der Waals surface area (Å²) in [5.74, 6) is 1.34. The van der Waals surface area contributed by atoms with E-state index in [1.54, 1.807) is 4.31 Å². The van der Waals surface area contributed by atoms with E-state index in [1.807, 2.05) is 37.2 Å². The van der Waals surface area contributed by atoms with Gasteiger partial charge in [0.05, 0.1) is 12.8 Å². The molecule has 0 amide bonds. The number of piperidine rings is 1. The zero-order valence-electron chi connectivity index (χ0n) is 15.2. The molecule has 0 spiro atoms. The highest BCUT2D eigenvalue weighted by Gasteiger charge is 2.24. The lowest BCUT2D eigenvalue weighted by atomic mass is 9.98. The second kappa shape index (κ2) is 10.3. The van der Waals surface area contributed by atoms with E-state index >= 15 is 0 Å². The first-order chi connectivity index (χ1) is 11.4. The Morgan fingerprint density at radius 3 is 2.36 bits per heavy atom. The first kappa shape index (κ1) is 22.2. The van der Waals surface area contributed by atoms with Gasteiger partial charge in [-0.1, -0.05) is 30.3 Å². The Morgan fingerprint density at radius 1 is 1.24 bits per heavy atom. The number of benzene rings is 1. The van der Waals surface area contributed by atoms with E-state index < -0.39 is 10.0 Å². The van der Waals surface area contributed by atoms with E-state index in [9.17, 15) is 8.42 Å². The molecule has 0 radical (unpaired) electrons. The van der Waals surface area contributed by atoms with Crippen molar-refractivity contribution in [2.75, 3.05) is 40.0 Å². The number of aliphatic imine (C=N–C) groups is 1. The number of rotatable bonds is 5. The summed E-state index contributed by atoms with van der Waals surface area (Å²) in [5, 5.41) is 3.42. The van der Waals surface area contributed by atoms with Crippen LogP contribution in [0.5, 0.6) is 0 Å². The monoisotopic (exact) mass is 480 g/mol. The van der Waals surface area contributed by atoms with Crippen LogP contribution in [0.4, 0.5) is 0 Å². The maximum Gasteiger partial charge on any atom is 0.211 e. The maximum atomic E-state index is 11.6. The minimum Gasteiger partial charge on any atom is -0.356 e. The lowest BCUT2D eigenvalue weighted by molar-refractivity contribution is 0.274. The summed E-state index contributed by atoms with van der Waals surface area (Å²) < 4.78 is 24.7. The van der Waals surface area contributed by atoms with E-state index in [1.165, 1.54) is 11.8 Å². The number of sulfonamides is 1. The van der Waals surface area contributed by atoms with Gasteiger partial charge in [0.15, 0.2) is 5.96 Å². The van der Waals surface area contributed by atoms with Gasteiger partial charge in [-0.2, -0.15) is 0 Å². The lowest BCUT2D eigenvalue weighted by Gasteiger charge is -2.31. The highest BCUT2D eigenvalue weighted by Crippen LogP contribution is 2.18. The van der Waals surface area contributed by atoms with Crippen molar-refractivity contribution < 1.29 is 8.42 Å². The molecule has 0 unspecified atom stereocenters. The number of nitrogens with one attached hydrogen (secondary N) is 1. The average molecular weight is 480 g/mol. The highest BCUT2D eigenvalue weighted by molar-refractivity contribution is 14.0. The van der Waals surface area contributed by atoms with Crippen molar-refractivity contribution in [3.8, 4) is 0 Å². The second-order valence-corrected chi connectivity index (χ2v) is 8.49. The first-order valence-electron chi connectivity index (χ1n) is 8.31. The standard InChI is InChI=1S/C17H28N4O2S.HI/c1-20(2)17(18-13-15-7-5-4-6-8-15)19-14-16-9-11-21(12-10-16)24(3,22)23;/h4-8,16H,9-14H2,1-3H3,(H,18,19);1H. The molecule has 0 saturated carbocycles. The normalized spacial score (nSPS) is 17.0. The van der Waals surface area contributed by atoms with Crippen LogP contribution in [0.25, 0.3) is 0 Å². The van der Waals surface area contributed by atoms with Crippen LogP contribution >= 0.6 is 24.0 Å². The molecule has 1 fully saturated rings. The topological polar surface area (TPSA) is 65.0 Å². The molecule has 2 rings (SSSR count). The minimum atomic E-state index is -3.05. The van der Waals surface area contributed by atoms with Gasteiger partial charge < -0.3 is 10.2 Å². The molecule has 1 aliphatic heterocycles. The van der Waals surface area contributed by atoms with Crippen LogP contribution in [0.15, 0.2) is 35.3 Å². The van der Waals surface area contributed by atoms with Gasteiger partial charge in [0.25, 0.3) is 0 Å². The van der Waals surface area contributed by atoms with Crippen molar-refractivity contribution in [2.45, 2.75) is 19.4 Å². The Hall–Kier alpha value is -0.870. The zero-order valence-corrected chi connectivity index (χ0v) is 18.3. The Labute approximate surface area is 168 Å². The molecule has 1 heterocycles. The Balaban J connectivity index is 0.00000312. The quantitative estimate of drug-likeness (QED) is 0.398. The molecule has 1 aromatic carbocycles. The van der Waals surface area contributed by atoms with Gasteiger partial charge in [0.1, 0.15) is 0 Å².